The lowest BCUT2D eigenvalue weighted by atomic mass is 9.86. The molecular weight excluding hydrogens is 405 g/mol. The van der Waals surface area contributed by atoms with Crippen LogP contribution in [0.5, 0.6) is 5.75 Å². The Morgan fingerprint density at radius 2 is 2.13 bits per heavy atom. The molecule has 30 heavy (non-hydrogen) atoms. The van der Waals surface area contributed by atoms with Gasteiger partial charge in [-0.2, -0.15) is 5.26 Å². The molecule has 0 aliphatic carbocycles. The van der Waals surface area contributed by atoms with E-state index in [0.29, 0.717) is 28.6 Å². The second kappa shape index (κ2) is 9.94. The molecule has 0 bridgehead atoms. The molecule has 6 nitrogen and oxygen atoms in total. The molecule has 1 heterocycles. The zero-order valence-corrected chi connectivity index (χ0v) is 17.1. The van der Waals surface area contributed by atoms with Gasteiger partial charge in [0.25, 0.3) is 0 Å². The van der Waals surface area contributed by atoms with Gasteiger partial charge in [0.05, 0.1) is 29.0 Å². The van der Waals surface area contributed by atoms with E-state index in [9.17, 15) is 19.2 Å². The monoisotopic (exact) mass is 425 g/mol. The minimum Gasteiger partial charge on any atom is -0.494 e. The molecule has 3 rings (SSSR count). The van der Waals surface area contributed by atoms with Crippen LogP contribution >= 0.6 is 11.8 Å². The second-order valence-corrected chi connectivity index (χ2v) is 7.46. The SMILES string of the molecule is CCOc1ccccc1[C@@H]1CC(=O)NC(SCC(=O)Nc2cccc(F)c2)=C1C#N. The van der Waals surface area contributed by atoms with Crippen molar-refractivity contribution < 1.29 is 18.7 Å². The highest BCUT2D eigenvalue weighted by atomic mass is 32.2. The highest BCUT2D eigenvalue weighted by molar-refractivity contribution is 8.03. The van der Waals surface area contributed by atoms with E-state index in [1.165, 1.54) is 18.2 Å². The van der Waals surface area contributed by atoms with Crippen molar-refractivity contribution in [2.24, 2.45) is 0 Å². The number of para-hydroxylation sites is 1. The molecule has 0 spiro atoms. The predicted octanol–water partition coefficient (Wildman–Crippen LogP) is 3.93. The van der Waals surface area contributed by atoms with Gasteiger partial charge in [0, 0.05) is 23.6 Å². The van der Waals surface area contributed by atoms with Crippen LogP contribution in [0.25, 0.3) is 0 Å². The molecule has 0 unspecified atom stereocenters. The number of carbonyl (C=O) groups excluding carboxylic acids is 2. The average Bonchev–Trinajstić information content (AvgIpc) is 2.72. The number of hydrogen-bond donors (Lipinski definition) is 2. The third-order valence-corrected chi connectivity index (χ3v) is 5.42. The van der Waals surface area contributed by atoms with E-state index in [4.69, 9.17) is 4.74 Å². The van der Waals surface area contributed by atoms with Gasteiger partial charge < -0.3 is 15.4 Å². The molecule has 154 valence electrons. The summed E-state index contributed by atoms with van der Waals surface area (Å²) in [7, 11) is 0. The van der Waals surface area contributed by atoms with Crippen LogP contribution in [0.1, 0.15) is 24.8 Å². The number of benzene rings is 2. The summed E-state index contributed by atoms with van der Waals surface area (Å²) in [5.74, 6) is -0.942. The number of carbonyl (C=O) groups is 2. The maximum atomic E-state index is 13.3. The van der Waals surface area contributed by atoms with E-state index in [1.54, 1.807) is 12.1 Å². The number of thioether (sulfide) groups is 1. The Labute approximate surface area is 178 Å². The van der Waals surface area contributed by atoms with Crippen molar-refractivity contribution in [3.05, 3.63) is 70.5 Å². The van der Waals surface area contributed by atoms with Crippen molar-refractivity contribution in [1.29, 1.82) is 5.26 Å². The minimum atomic E-state index is -0.458. The van der Waals surface area contributed by atoms with Gasteiger partial charge in [0.15, 0.2) is 0 Å². The first kappa shape index (κ1) is 21.4. The second-order valence-electron chi connectivity index (χ2n) is 6.48. The molecule has 2 amide bonds. The summed E-state index contributed by atoms with van der Waals surface area (Å²) in [5, 5.41) is 15.4. The van der Waals surface area contributed by atoms with Crippen molar-refractivity contribution in [2.45, 2.75) is 19.3 Å². The molecule has 0 saturated carbocycles. The summed E-state index contributed by atoms with van der Waals surface area (Å²) in [6.07, 6.45) is 0.118. The van der Waals surface area contributed by atoms with Crippen molar-refractivity contribution >= 4 is 29.3 Å². The molecule has 2 aromatic rings. The Kier molecular flexibility index (Phi) is 7.09. The number of rotatable bonds is 7. The quantitative estimate of drug-likeness (QED) is 0.701. The lowest BCUT2D eigenvalue weighted by Gasteiger charge is -2.26. The Hall–Kier alpha value is -3.31. The lowest BCUT2D eigenvalue weighted by molar-refractivity contribution is -0.121. The Morgan fingerprint density at radius 3 is 2.87 bits per heavy atom. The first-order valence-corrected chi connectivity index (χ1v) is 10.3. The van der Waals surface area contributed by atoms with Crippen LogP contribution in [0, 0.1) is 17.1 Å². The largest absolute Gasteiger partial charge is 0.494 e. The number of nitriles is 1. The van der Waals surface area contributed by atoms with E-state index in [-0.39, 0.29) is 24.0 Å². The van der Waals surface area contributed by atoms with Gasteiger partial charge in [-0.3, -0.25) is 9.59 Å². The van der Waals surface area contributed by atoms with Gasteiger partial charge in [-0.1, -0.05) is 36.0 Å². The minimum absolute atomic E-state index is 0.0445. The summed E-state index contributed by atoms with van der Waals surface area (Å²) in [6.45, 7) is 2.33. The van der Waals surface area contributed by atoms with Gasteiger partial charge in [-0.15, -0.1) is 0 Å². The molecule has 1 aliphatic heterocycles. The van der Waals surface area contributed by atoms with E-state index < -0.39 is 11.7 Å². The first-order valence-electron chi connectivity index (χ1n) is 9.35. The predicted molar refractivity (Wildman–Crippen MR) is 113 cm³/mol. The van der Waals surface area contributed by atoms with Gasteiger partial charge in [-0.25, -0.2) is 4.39 Å². The third kappa shape index (κ3) is 5.19. The number of hydrogen-bond acceptors (Lipinski definition) is 5. The molecular formula is C22H20FN3O3S. The van der Waals surface area contributed by atoms with Crippen molar-refractivity contribution in [3.8, 4) is 11.8 Å². The van der Waals surface area contributed by atoms with Gasteiger partial charge >= 0.3 is 0 Å². The molecule has 1 aliphatic rings. The summed E-state index contributed by atoms with van der Waals surface area (Å²) < 4.78 is 18.9. The maximum Gasteiger partial charge on any atom is 0.234 e. The molecule has 1 atom stereocenters. The Balaban J connectivity index is 1.79. The lowest BCUT2D eigenvalue weighted by Crippen LogP contribution is -2.31. The van der Waals surface area contributed by atoms with Crippen LogP contribution in [-0.4, -0.2) is 24.2 Å². The van der Waals surface area contributed by atoms with E-state index >= 15 is 0 Å². The number of ether oxygens (including phenoxy) is 1. The van der Waals surface area contributed by atoms with Crippen LogP contribution in [0.3, 0.4) is 0 Å². The smallest absolute Gasteiger partial charge is 0.234 e. The number of nitrogens with zero attached hydrogens (tertiary/aromatic N) is 1. The molecule has 8 heteroatoms. The van der Waals surface area contributed by atoms with E-state index in [2.05, 4.69) is 16.7 Å². The highest BCUT2D eigenvalue weighted by Gasteiger charge is 2.31. The van der Waals surface area contributed by atoms with Crippen molar-refractivity contribution in [2.75, 3.05) is 17.7 Å². The van der Waals surface area contributed by atoms with Crippen LogP contribution in [0.2, 0.25) is 0 Å². The molecule has 0 radical (unpaired) electrons. The molecule has 2 N–H and O–H groups in total. The highest BCUT2D eigenvalue weighted by Crippen LogP contribution is 2.39. The number of anilines is 1. The van der Waals surface area contributed by atoms with Gasteiger partial charge in [-0.05, 0) is 31.2 Å². The summed E-state index contributed by atoms with van der Waals surface area (Å²) in [6, 6.07) is 15.1. The first-order chi connectivity index (χ1) is 14.5. The Bertz CT molecular complexity index is 1030. The number of nitrogens with one attached hydrogen (secondary N) is 2. The zero-order valence-electron chi connectivity index (χ0n) is 16.3. The number of allylic oxidation sites excluding steroid dienone is 1. The van der Waals surface area contributed by atoms with Crippen molar-refractivity contribution in [3.63, 3.8) is 0 Å². The van der Waals surface area contributed by atoms with E-state index in [1.807, 2.05) is 25.1 Å². The Morgan fingerprint density at radius 1 is 1.33 bits per heavy atom. The third-order valence-electron chi connectivity index (χ3n) is 4.41. The topological polar surface area (TPSA) is 91.2 Å². The van der Waals surface area contributed by atoms with E-state index in [0.717, 1.165) is 17.3 Å². The summed E-state index contributed by atoms with van der Waals surface area (Å²) >= 11 is 1.06. The van der Waals surface area contributed by atoms with Crippen LogP contribution in [0.4, 0.5) is 10.1 Å². The summed E-state index contributed by atoms with van der Waals surface area (Å²) in [4.78, 5) is 24.6. The zero-order chi connectivity index (χ0) is 21.5. The summed E-state index contributed by atoms with van der Waals surface area (Å²) in [5.41, 5.74) is 1.48. The van der Waals surface area contributed by atoms with Crippen molar-refractivity contribution in [1.82, 2.24) is 5.32 Å². The normalized spacial score (nSPS) is 15.9. The molecule has 0 fully saturated rings. The van der Waals surface area contributed by atoms with Gasteiger partial charge in [0.1, 0.15) is 11.6 Å². The molecule has 0 aromatic heterocycles. The molecule has 0 saturated heterocycles. The van der Waals surface area contributed by atoms with Gasteiger partial charge in [0.2, 0.25) is 11.8 Å². The van der Waals surface area contributed by atoms with Crippen LogP contribution < -0.4 is 15.4 Å². The standard InChI is InChI=1S/C22H20FN3O3S/c1-2-29-19-9-4-3-8-16(19)17-11-20(27)26-22(18(17)12-24)30-13-21(28)25-15-7-5-6-14(23)10-15/h3-10,17H,2,11,13H2,1H3,(H,25,28)(H,26,27)/t17-/m0/s1. The number of halogens is 1. The fourth-order valence-electron chi connectivity index (χ4n) is 3.16. The fraction of sp³-hybridized carbons (Fsp3) is 0.227. The molecule has 2 aromatic carbocycles. The number of amides is 2. The maximum absolute atomic E-state index is 13.3. The van der Waals surface area contributed by atoms with Crippen LogP contribution in [-0.2, 0) is 9.59 Å². The fourth-order valence-corrected chi connectivity index (χ4v) is 4.03. The average molecular weight is 425 g/mol. The van der Waals surface area contributed by atoms with Crippen LogP contribution in [0.15, 0.2) is 59.1 Å².